The van der Waals surface area contributed by atoms with Gasteiger partial charge in [-0.2, -0.15) is 0 Å². The van der Waals surface area contributed by atoms with E-state index in [2.05, 4.69) is 15.4 Å². The highest BCUT2D eigenvalue weighted by Crippen LogP contribution is 2.19. The first-order valence-electron chi connectivity index (χ1n) is 10.5. The van der Waals surface area contributed by atoms with E-state index in [1.54, 1.807) is 68.4 Å². The van der Waals surface area contributed by atoms with Gasteiger partial charge in [0.2, 0.25) is 10.0 Å². The molecule has 0 unspecified atom stereocenters. The summed E-state index contributed by atoms with van der Waals surface area (Å²) >= 11 is 0. The summed E-state index contributed by atoms with van der Waals surface area (Å²) < 4.78 is 27.3. The van der Waals surface area contributed by atoms with Crippen molar-refractivity contribution in [2.24, 2.45) is 0 Å². The molecule has 33 heavy (non-hydrogen) atoms. The fraction of sp³-hybridized carbons (Fsp3) is 0.200. The van der Waals surface area contributed by atoms with Gasteiger partial charge in [0, 0.05) is 29.4 Å². The zero-order valence-electron chi connectivity index (χ0n) is 18.8. The molecule has 2 amide bonds. The quantitative estimate of drug-likeness (QED) is 0.470. The van der Waals surface area contributed by atoms with Crippen LogP contribution in [0.2, 0.25) is 0 Å². The van der Waals surface area contributed by atoms with Crippen LogP contribution in [0.3, 0.4) is 0 Å². The molecule has 0 aliphatic heterocycles. The number of rotatable bonds is 8. The van der Waals surface area contributed by atoms with Crippen molar-refractivity contribution < 1.29 is 18.0 Å². The fourth-order valence-electron chi connectivity index (χ4n) is 3.17. The van der Waals surface area contributed by atoms with Crippen LogP contribution in [-0.4, -0.2) is 26.3 Å². The highest BCUT2D eigenvalue weighted by Gasteiger charge is 2.16. The van der Waals surface area contributed by atoms with E-state index >= 15 is 0 Å². The minimum atomic E-state index is -3.62. The van der Waals surface area contributed by atoms with Crippen molar-refractivity contribution in [2.75, 3.05) is 5.32 Å². The van der Waals surface area contributed by atoms with Crippen LogP contribution in [0, 0.1) is 6.92 Å². The molecule has 3 aromatic rings. The van der Waals surface area contributed by atoms with Crippen LogP contribution >= 0.6 is 0 Å². The summed E-state index contributed by atoms with van der Waals surface area (Å²) in [6, 6.07) is 20.1. The molecule has 0 atom stereocenters. The summed E-state index contributed by atoms with van der Waals surface area (Å²) in [5.41, 5.74) is 2.93. The Bertz CT molecular complexity index is 1260. The van der Waals surface area contributed by atoms with Crippen molar-refractivity contribution in [3.63, 3.8) is 0 Å². The highest BCUT2D eigenvalue weighted by atomic mass is 32.2. The predicted octanol–water partition coefficient (Wildman–Crippen LogP) is 3.86. The minimum absolute atomic E-state index is 0.143. The number of aryl methyl sites for hydroxylation is 1. The number of carbonyl (C=O) groups excluding carboxylic acids is 2. The molecule has 0 fully saturated rings. The van der Waals surface area contributed by atoms with E-state index in [0.29, 0.717) is 22.4 Å². The topological polar surface area (TPSA) is 104 Å². The van der Waals surface area contributed by atoms with Gasteiger partial charge in [-0.15, -0.1) is 0 Å². The molecule has 0 radical (unpaired) electrons. The van der Waals surface area contributed by atoms with Crippen LogP contribution in [0.1, 0.15) is 45.7 Å². The van der Waals surface area contributed by atoms with Gasteiger partial charge in [-0.3, -0.25) is 9.59 Å². The van der Waals surface area contributed by atoms with Gasteiger partial charge in [-0.05, 0) is 68.3 Å². The van der Waals surface area contributed by atoms with Crippen molar-refractivity contribution in [1.82, 2.24) is 10.0 Å². The average molecular weight is 466 g/mol. The van der Waals surface area contributed by atoms with Crippen LogP contribution in [0.25, 0.3) is 0 Å². The van der Waals surface area contributed by atoms with Crippen LogP contribution in [0.4, 0.5) is 5.69 Å². The van der Waals surface area contributed by atoms with Crippen molar-refractivity contribution >= 4 is 27.5 Å². The van der Waals surface area contributed by atoms with E-state index < -0.39 is 10.0 Å². The Morgan fingerprint density at radius 3 is 2.27 bits per heavy atom. The zero-order chi connectivity index (χ0) is 24.0. The van der Waals surface area contributed by atoms with Gasteiger partial charge in [0.25, 0.3) is 11.8 Å². The molecule has 0 heterocycles. The summed E-state index contributed by atoms with van der Waals surface area (Å²) in [5.74, 6) is -0.594. The normalized spacial score (nSPS) is 11.3. The molecule has 3 aromatic carbocycles. The van der Waals surface area contributed by atoms with E-state index in [1.807, 2.05) is 13.0 Å². The van der Waals surface area contributed by atoms with Crippen molar-refractivity contribution in [1.29, 1.82) is 0 Å². The third-order valence-corrected chi connectivity index (χ3v) is 6.49. The zero-order valence-corrected chi connectivity index (χ0v) is 19.6. The molecule has 0 saturated carbocycles. The van der Waals surface area contributed by atoms with Crippen LogP contribution in [-0.2, 0) is 16.6 Å². The van der Waals surface area contributed by atoms with E-state index in [4.69, 9.17) is 0 Å². The maximum atomic E-state index is 12.7. The average Bonchev–Trinajstić information content (AvgIpc) is 2.79. The van der Waals surface area contributed by atoms with Crippen molar-refractivity contribution in [3.8, 4) is 0 Å². The van der Waals surface area contributed by atoms with Crippen LogP contribution in [0.5, 0.6) is 0 Å². The SMILES string of the molecule is Cc1ccc(C(=O)NCc2cccc(S(=O)(=O)NC(C)C)c2)cc1NC(=O)c1ccccc1. The van der Waals surface area contributed by atoms with Crippen molar-refractivity contribution in [2.45, 2.75) is 38.3 Å². The number of benzene rings is 3. The van der Waals surface area contributed by atoms with E-state index in [1.165, 1.54) is 12.1 Å². The minimum Gasteiger partial charge on any atom is -0.348 e. The molecule has 0 aromatic heterocycles. The Morgan fingerprint density at radius 1 is 0.848 bits per heavy atom. The smallest absolute Gasteiger partial charge is 0.255 e. The number of anilines is 1. The van der Waals surface area contributed by atoms with Gasteiger partial charge in [0.05, 0.1) is 4.90 Å². The van der Waals surface area contributed by atoms with E-state index in [9.17, 15) is 18.0 Å². The number of carbonyl (C=O) groups is 2. The molecule has 0 aliphatic rings. The lowest BCUT2D eigenvalue weighted by Crippen LogP contribution is -2.30. The lowest BCUT2D eigenvalue weighted by Gasteiger charge is -2.12. The van der Waals surface area contributed by atoms with Gasteiger partial charge < -0.3 is 10.6 Å². The third-order valence-electron chi connectivity index (χ3n) is 4.84. The lowest BCUT2D eigenvalue weighted by atomic mass is 10.1. The lowest BCUT2D eigenvalue weighted by molar-refractivity contribution is 0.0949. The molecular formula is C25H27N3O4S. The Hall–Kier alpha value is -3.49. The second kappa shape index (κ2) is 10.4. The van der Waals surface area contributed by atoms with E-state index in [0.717, 1.165) is 5.56 Å². The van der Waals surface area contributed by atoms with E-state index in [-0.39, 0.29) is 29.3 Å². The highest BCUT2D eigenvalue weighted by molar-refractivity contribution is 7.89. The number of nitrogens with one attached hydrogen (secondary N) is 3. The second-order valence-corrected chi connectivity index (χ2v) is 9.67. The summed E-state index contributed by atoms with van der Waals surface area (Å²) in [6.45, 7) is 5.50. The third kappa shape index (κ3) is 6.50. The molecule has 0 saturated heterocycles. The largest absolute Gasteiger partial charge is 0.348 e. The standard InChI is InChI=1S/C25H27N3O4S/c1-17(2)28-33(31,32)22-11-7-8-19(14-22)16-26-24(29)21-13-12-18(3)23(15-21)27-25(30)20-9-5-4-6-10-20/h4-15,17,28H,16H2,1-3H3,(H,26,29)(H,27,30). The summed E-state index contributed by atoms with van der Waals surface area (Å²) in [4.78, 5) is 25.3. The summed E-state index contributed by atoms with van der Waals surface area (Å²) in [5, 5.41) is 5.64. The Morgan fingerprint density at radius 2 is 1.58 bits per heavy atom. The molecule has 3 rings (SSSR count). The monoisotopic (exact) mass is 465 g/mol. The van der Waals surface area contributed by atoms with Gasteiger partial charge in [-0.1, -0.05) is 36.4 Å². The molecule has 0 aliphatic carbocycles. The molecule has 3 N–H and O–H groups in total. The summed E-state index contributed by atoms with van der Waals surface area (Å²) in [6.07, 6.45) is 0. The number of sulfonamides is 1. The maximum Gasteiger partial charge on any atom is 0.255 e. The van der Waals surface area contributed by atoms with Crippen LogP contribution in [0.15, 0.2) is 77.7 Å². The molecule has 7 nitrogen and oxygen atoms in total. The number of hydrogen-bond donors (Lipinski definition) is 3. The first-order valence-corrected chi connectivity index (χ1v) is 12.0. The van der Waals surface area contributed by atoms with Gasteiger partial charge in [-0.25, -0.2) is 13.1 Å². The Labute approximate surface area is 194 Å². The van der Waals surface area contributed by atoms with Crippen LogP contribution < -0.4 is 15.4 Å². The second-order valence-electron chi connectivity index (χ2n) is 7.96. The maximum absolute atomic E-state index is 12.7. The number of amides is 2. The van der Waals surface area contributed by atoms with Crippen molar-refractivity contribution in [3.05, 3.63) is 95.1 Å². The van der Waals surface area contributed by atoms with Gasteiger partial charge >= 0.3 is 0 Å². The molecule has 172 valence electrons. The molecular weight excluding hydrogens is 438 g/mol. The Balaban J connectivity index is 1.70. The first kappa shape index (κ1) is 24.2. The number of hydrogen-bond acceptors (Lipinski definition) is 4. The molecule has 0 bridgehead atoms. The molecule has 8 heteroatoms. The summed E-state index contributed by atoms with van der Waals surface area (Å²) in [7, 11) is -3.62. The Kier molecular flexibility index (Phi) is 7.63. The van der Waals surface area contributed by atoms with Gasteiger partial charge in [0.1, 0.15) is 0 Å². The fourth-order valence-corrected chi connectivity index (χ4v) is 4.49. The van der Waals surface area contributed by atoms with Gasteiger partial charge in [0.15, 0.2) is 0 Å². The first-order chi connectivity index (χ1) is 15.7. The predicted molar refractivity (Wildman–Crippen MR) is 129 cm³/mol. The molecule has 0 spiro atoms.